The lowest BCUT2D eigenvalue weighted by molar-refractivity contribution is 0.225. The number of aryl methyl sites for hydroxylation is 2. The van der Waals surface area contributed by atoms with Crippen molar-refractivity contribution in [3.05, 3.63) is 65.2 Å². The Balaban J connectivity index is 1.44. The first-order valence-corrected chi connectivity index (χ1v) is 9.44. The Morgan fingerprint density at radius 2 is 1.71 bits per heavy atom. The second-order valence-corrected chi connectivity index (χ2v) is 7.31. The van der Waals surface area contributed by atoms with Crippen LogP contribution in [0.1, 0.15) is 42.0 Å². The summed E-state index contributed by atoms with van der Waals surface area (Å²) in [6, 6.07) is 18.6. The van der Waals surface area contributed by atoms with Gasteiger partial charge in [-0.2, -0.15) is 0 Å². The first-order valence-electron chi connectivity index (χ1n) is 9.44. The summed E-state index contributed by atoms with van der Waals surface area (Å²) in [5, 5.41) is 0. The van der Waals surface area contributed by atoms with Crippen LogP contribution in [0.5, 0.6) is 0 Å². The number of likely N-dealkylation sites (N-methyl/N-ethyl adjacent to an activating group) is 1. The second kappa shape index (κ2) is 6.98. The third kappa shape index (κ3) is 3.08. The molecule has 0 N–H and O–H groups in total. The molecular weight excluding hydrogens is 292 g/mol. The number of anilines is 1. The fraction of sp³-hybridized carbons (Fsp3) is 0.455. The van der Waals surface area contributed by atoms with E-state index in [0.717, 1.165) is 13.1 Å². The van der Waals surface area contributed by atoms with Gasteiger partial charge in [0, 0.05) is 31.4 Å². The predicted octanol–water partition coefficient (Wildman–Crippen LogP) is 4.45. The number of rotatable bonds is 4. The summed E-state index contributed by atoms with van der Waals surface area (Å²) < 4.78 is 0. The first kappa shape index (κ1) is 15.7. The largest absolute Gasteiger partial charge is 0.370 e. The Kier molecular flexibility index (Phi) is 4.57. The van der Waals surface area contributed by atoms with Crippen molar-refractivity contribution in [2.45, 2.75) is 38.1 Å². The summed E-state index contributed by atoms with van der Waals surface area (Å²) >= 11 is 0. The third-order valence-electron chi connectivity index (χ3n) is 5.80. The van der Waals surface area contributed by atoms with Gasteiger partial charge in [0.05, 0.1) is 0 Å². The average molecular weight is 320 g/mol. The molecule has 2 heteroatoms. The zero-order valence-corrected chi connectivity index (χ0v) is 14.7. The van der Waals surface area contributed by atoms with Crippen LogP contribution in [-0.2, 0) is 12.8 Å². The molecule has 1 unspecified atom stereocenters. The zero-order valence-electron chi connectivity index (χ0n) is 14.7. The Morgan fingerprint density at radius 3 is 2.62 bits per heavy atom. The van der Waals surface area contributed by atoms with E-state index in [-0.39, 0.29) is 0 Å². The van der Waals surface area contributed by atoms with Gasteiger partial charge in [-0.05, 0) is 61.9 Å². The molecule has 24 heavy (non-hydrogen) atoms. The highest BCUT2D eigenvalue weighted by molar-refractivity contribution is 5.55. The van der Waals surface area contributed by atoms with Gasteiger partial charge < -0.3 is 4.90 Å². The molecule has 2 nitrogen and oxygen atoms in total. The van der Waals surface area contributed by atoms with E-state index in [2.05, 4.69) is 65.4 Å². The van der Waals surface area contributed by atoms with Crippen molar-refractivity contribution in [3.63, 3.8) is 0 Å². The maximum absolute atomic E-state index is 2.59. The SMILES string of the molecule is CN(CCN1CCCc2ccccc21)C1CCCc2ccccc21. The van der Waals surface area contributed by atoms with Crippen molar-refractivity contribution in [2.75, 3.05) is 31.6 Å². The molecular formula is C22H28N2. The summed E-state index contributed by atoms with van der Waals surface area (Å²) in [5.41, 5.74) is 6.10. The molecule has 0 amide bonds. The lowest BCUT2D eigenvalue weighted by atomic mass is 9.87. The van der Waals surface area contributed by atoms with E-state index in [1.54, 1.807) is 11.1 Å². The average Bonchev–Trinajstić information content (AvgIpc) is 2.65. The van der Waals surface area contributed by atoms with Gasteiger partial charge in [0.1, 0.15) is 0 Å². The van der Waals surface area contributed by atoms with Gasteiger partial charge >= 0.3 is 0 Å². The Morgan fingerprint density at radius 1 is 0.958 bits per heavy atom. The van der Waals surface area contributed by atoms with E-state index in [1.807, 2.05) is 0 Å². The quantitative estimate of drug-likeness (QED) is 0.821. The van der Waals surface area contributed by atoms with E-state index >= 15 is 0 Å². The Bertz CT molecular complexity index is 694. The van der Waals surface area contributed by atoms with Crippen molar-refractivity contribution in [2.24, 2.45) is 0 Å². The number of fused-ring (bicyclic) bond motifs is 2. The molecule has 0 spiro atoms. The first-order chi connectivity index (χ1) is 11.8. The Labute approximate surface area is 146 Å². The van der Waals surface area contributed by atoms with Crippen molar-refractivity contribution in [1.29, 1.82) is 0 Å². The molecule has 0 bridgehead atoms. The van der Waals surface area contributed by atoms with E-state index in [9.17, 15) is 0 Å². The second-order valence-electron chi connectivity index (χ2n) is 7.31. The summed E-state index contributed by atoms with van der Waals surface area (Å²) in [5.74, 6) is 0. The molecule has 2 aromatic carbocycles. The number of hydrogen-bond donors (Lipinski definition) is 0. The summed E-state index contributed by atoms with van der Waals surface area (Å²) in [7, 11) is 2.31. The van der Waals surface area contributed by atoms with Crippen molar-refractivity contribution in [1.82, 2.24) is 4.90 Å². The van der Waals surface area contributed by atoms with Crippen molar-refractivity contribution < 1.29 is 0 Å². The molecule has 1 aliphatic heterocycles. The van der Waals surface area contributed by atoms with E-state index < -0.39 is 0 Å². The third-order valence-corrected chi connectivity index (χ3v) is 5.80. The summed E-state index contributed by atoms with van der Waals surface area (Å²) in [4.78, 5) is 5.17. The van der Waals surface area contributed by atoms with Gasteiger partial charge in [-0.25, -0.2) is 0 Å². The smallest absolute Gasteiger partial charge is 0.0399 e. The molecule has 0 saturated heterocycles. The van der Waals surface area contributed by atoms with Gasteiger partial charge in [0.2, 0.25) is 0 Å². The van der Waals surface area contributed by atoms with Gasteiger partial charge in [-0.15, -0.1) is 0 Å². The highest BCUT2D eigenvalue weighted by Crippen LogP contribution is 2.33. The number of para-hydroxylation sites is 1. The van der Waals surface area contributed by atoms with Gasteiger partial charge in [-0.1, -0.05) is 42.5 Å². The Hall–Kier alpha value is -1.80. The fourth-order valence-corrected chi connectivity index (χ4v) is 4.46. The van der Waals surface area contributed by atoms with Crippen molar-refractivity contribution >= 4 is 5.69 Å². The molecule has 126 valence electrons. The highest BCUT2D eigenvalue weighted by Gasteiger charge is 2.24. The molecule has 0 fully saturated rings. The molecule has 4 rings (SSSR count). The monoisotopic (exact) mass is 320 g/mol. The standard InChI is InChI=1S/C22H28N2/c1-23(22-14-6-10-18-8-2-4-12-20(18)22)16-17-24-15-7-11-19-9-3-5-13-21(19)24/h2-5,8-9,12-13,22H,6-7,10-11,14-17H2,1H3. The molecule has 1 atom stereocenters. The van der Waals surface area contributed by atoms with Gasteiger partial charge in [-0.3, -0.25) is 4.90 Å². The topological polar surface area (TPSA) is 6.48 Å². The van der Waals surface area contributed by atoms with Crippen LogP contribution in [0.15, 0.2) is 48.5 Å². The minimum Gasteiger partial charge on any atom is -0.370 e. The number of benzene rings is 2. The molecule has 2 aromatic rings. The van der Waals surface area contributed by atoms with Crippen LogP contribution in [0, 0.1) is 0 Å². The summed E-state index contributed by atoms with van der Waals surface area (Å²) in [6.45, 7) is 3.46. The molecule has 1 heterocycles. The maximum Gasteiger partial charge on any atom is 0.0399 e. The molecule has 0 saturated carbocycles. The van der Waals surface area contributed by atoms with Crippen LogP contribution in [-0.4, -0.2) is 31.6 Å². The van der Waals surface area contributed by atoms with Gasteiger partial charge in [0.15, 0.2) is 0 Å². The molecule has 0 radical (unpaired) electrons. The molecule has 0 aromatic heterocycles. The predicted molar refractivity (Wildman–Crippen MR) is 102 cm³/mol. The van der Waals surface area contributed by atoms with Crippen LogP contribution < -0.4 is 4.90 Å². The summed E-state index contributed by atoms with van der Waals surface area (Å²) in [6.07, 6.45) is 6.38. The lowest BCUT2D eigenvalue weighted by Crippen LogP contribution is -2.38. The van der Waals surface area contributed by atoms with E-state index in [1.165, 1.54) is 49.9 Å². The highest BCUT2D eigenvalue weighted by atomic mass is 15.2. The maximum atomic E-state index is 2.59. The number of hydrogen-bond acceptors (Lipinski definition) is 2. The fourth-order valence-electron chi connectivity index (χ4n) is 4.46. The zero-order chi connectivity index (χ0) is 16.4. The molecule has 1 aliphatic carbocycles. The van der Waals surface area contributed by atoms with Crippen molar-refractivity contribution in [3.8, 4) is 0 Å². The van der Waals surface area contributed by atoms with Crippen LogP contribution in [0.25, 0.3) is 0 Å². The van der Waals surface area contributed by atoms with Gasteiger partial charge in [0.25, 0.3) is 0 Å². The van der Waals surface area contributed by atoms with Crippen LogP contribution in [0.3, 0.4) is 0 Å². The normalized spacial score (nSPS) is 19.9. The number of nitrogens with zero attached hydrogens (tertiary/aromatic N) is 2. The molecule has 2 aliphatic rings. The van der Waals surface area contributed by atoms with E-state index in [0.29, 0.717) is 6.04 Å². The van der Waals surface area contributed by atoms with E-state index in [4.69, 9.17) is 0 Å². The lowest BCUT2D eigenvalue weighted by Gasteiger charge is -2.36. The minimum absolute atomic E-state index is 0.593. The van der Waals surface area contributed by atoms with Crippen LogP contribution in [0.2, 0.25) is 0 Å². The minimum atomic E-state index is 0.593. The van der Waals surface area contributed by atoms with Crippen LogP contribution >= 0.6 is 0 Å². The van der Waals surface area contributed by atoms with Crippen LogP contribution in [0.4, 0.5) is 5.69 Å².